The SMILES string of the molecule is BrCCOc1ccccc1.CC. The van der Waals surface area contributed by atoms with E-state index in [1.807, 2.05) is 44.2 Å². The number of ether oxygens (including phenoxy) is 1. The Bertz CT molecular complexity index is 174. The Balaban J connectivity index is 0.000000561. The topological polar surface area (TPSA) is 9.23 Å². The predicted molar refractivity (Wildman–Crippen MR) is 57.1 cm³/mol. The van der Waals surface area contributed by atoms with Crippen molar-refractivity contribution in [1.82, 2.24) is 0 Å². The number of hydrogen-bond acceptors (Lipinski definition) is 1. The molecule has 12 heavy (non-hydrogen) atoms. The highest BCUT2D eigenvalue weighted by Crippen LogP contribution is 2.07. The van der Waals surface area contributed by atoms with E-state index < -0.39 is 0 Å². The van der Waals surface area contributed by atoms with Crippen LogP contribution in [0.1, 0.15) is 13.8 Å². The molecule has 1 rings (SSSR count). The minimum absolute atomic E-state index is 0.726. The number of rotatable bonds is 3. The van der Waals surface area contributed by atoms with Gasteiger partial charge in [-0.15, -0.1) is 0 Å². The maximum atomic E-state index is 5.31. The molecule has 0 aromatic heterocycles. The Kier molecular flexibility index (Phi) is 8.24. The van der Waals surface area contributed by atoms with Crippen molar-refractivity contribution in [1.29, 1.82) is 0 Å². The van der Waals surface area contributed by atoms with E-state index in [0.717, 1.165) is 17.7 Å². The molecule has 0 aliphatic carbocycles. The first-order chi connectivity index (χ1) is 5.93. The van der Waals surface area contributed by atoms with Crippen molar-refractivity contribution in [3.8, 4) is 5.75 Å². The van der Waals surface area contributed by atoms with Gasteiger partial charge in [-0.3, -0.25) is 0 Å². The van der Waals surface area contributed by atoms with Gasteiger partial charge in [0.1, 0.15) is 5.75 Å². The summed E-state index contributed by atoms with van der Waals surface area (Å²) in [5.41, 5.74) is 0. The van der Waals surface area contributed by atoms with E-state index in [4.69, 9.17) is 4.74 Å². The van der Waals surface area contributed by atoms with Crippen molar-refractivity contribution in [3.05, 3.63) is 30.3 Å². The molecule has 0 N–H and O–H groups in total. The largest absolute Gasteiger partial charge is 0.493 e. The lowest BCUT2D eigenvalue weighted by Crippen LogP contribution is -1.96. The van der Waals surface area contributed by atoms with Crippen LogP contribution in [0.15, 0.2) is 30.3 Å². The van der Waals surface area contributed by atoms with Gasteiger partial charge in [0.25, 0.3) is 0 Å². The van der Waals surface area contributed by atoms with Crippen molar-refractivity contribution >= 4 is 15.9 Å². The predicted octanol–water partition coefficient (Wildman–Crippen LogP) is 3.49. The van der Waals surface area contributed by atoms with Gasteiger partial charge in [-0.25, -0.2) is 0 Å². The van der Waals surface area contributed by atoms with Gasteiger partial charge in [0.2, 0.25) is 0 Å². The Morgan fingerprint density at radius 1 is 1.17 bits per heavy atom. The number of benzene rings is 1. The zero-order chi connectivity index (χ0) is 9.23. The zero-order valence-electron chi connectivity index (χ0n) is 7.59. The molecule has 0 spiro atoms. The summed E-state index contributed by atoms with van der Waals surface area (Å²) in [4.78, 5) is 0. The average Bonchev–Trinajstić information content (AvgIpc) is 2.19. The van der Waals surface area contributed by atoms with E-state index in [1.54, 1.807) is 0 Å². The number of hydrogen-bond donors (Lipinski definition) is 0. The second kappa shape index (κ2) is 8.60. The normalized spacial score (nSPS) is 8.25. The highest BCUT2D eigenvalue weighted by molar-refractivity contribution is 9.09. The molecule has 0 aliphatic heterocycles. The van der Waals surface area contributed by atoms with Crippen LogP contribution in [0.5, 0.6) is 5.75 Å². The number of halogens is 1. The Morgan fingerprint density at radius 2 is 1.75 bits per heavy atom. The molecule has 68 valence electrons. The van der Waals surface area contributed by atoms with E-state index in [-0.39, 0.29) is 0 Å². The highest BCUT2D eigenvalue weighted by atomic mass is 79.9. The molecular formula is C10H15BrO. The monoisotopic (exact) mass is 230 g/mol. The van der Waals surface area contributed by atoms with E-state index in [0.29, 0.717) is 0 Å². The van der Waals surface area contributed by atoms with Gasteiger partial charge in [0.05, 0.1) is 6.61 Å². The van der Waals surface area contributed by atoms with Crippen molar-refractivity contribution in [2.24, 2.45) is 0 Å². The number of para-hydroxylation sites is 1. The first-order valence-electron chi connectivity index (χ1n) is 4.17. The van der Waals surface area contributed by atoms with Crippen molar-refractivity contribution in [3.63, 3.8) is 0 Å². The summed E-state index contributed by atoms with van der Waals surface area (Å²) in [6, 6.07) is 9.79. The van der Waals surface area contributed by atoms with Gasteiger partial charge in [0, 0.05) is 5.33 Å². The van der Waals surface area contributed by atoms with Crippen molar-refractivity contribution in [2.75, 3.05) is 11.9 Å². The van der Waals surface area contributed by atoms with E-state index in [1.165, 1.54) is 0 Å². The molecule has 2 heteroatoms. The minimum atomic E-state index is 0.726. The summed E-state index contributed by atoms with van der Waals surface area (Å²) in [7, 11) is 0. The van der Waals surface area contributed by atoms with Gasteiger partial charge in [-0.2, -0.15) is 0 Å². The maximum Gasteiger partial charge on any atom is 0.119 e. The van der Waals surface area contributed by atoms with Gasteiger partial charge < -0.3 is 4.74 Å². The Labute approximate surface area is 82.9 Å². The molecule has 0 saturated carbocycles. The third-order valence-electron chi connectivity index (χ3n) is 1.09. The maximum absolute atomic E-state index is 5.31. The van der Waals surface area contributed by atoms with Crippen molar-refractivity contribution in [2.45, 2.75) is 13.8 Å². The summed E-state index contributed by atoms with van der Waals surface area (Å²) in [5.74, 6) is 0.932. The fourth-order valence-corrected chi connectivity index (χ4v) is 0.835. The molecule has 1 aromatic rings. The number of alkyl halides is 1. The highest BCUT2D eigenvalue weighted by Gasteiger charge is 1.87. The van der Waals surface area contributed by atoms with Crippen molar-refractivity contribution < 1.29 is 4.74 Å². The van der Waals surface area contributed by atoms with Crippen LogP contribution >= 0.6 is 15.9 Å². The van der Waals surface area contributed by atoms with Crippen LogP contribution < -0.4 is 4.74 Å². The molecule has 0 fully saturated rings. The molecular weight excluding hydrogens is 216 g/mol. The fourth-order valence-electron chi connectivity index (χ4n) is 0.673. The molecule has 0 amide bonds. The van der Waals surface area contributed by atoms with Gasteiger partial charge in [-0.1, -0.05) is 48.0 Å². The third-order valence-corrected chi connectivity index (χ3v) is 1.41. The molecule has 1 nitrogen and oxygen atoms in total. The summed E-state index contributed by atoms with van der Waals surface area (Å²) >= 11 is 3.28. The quantitative estimate of drug-likeness (QED) is 0.723. The molecule has 0 saturated heterocycles. The van der Waals surface area contributed by atoms with Gasteiger partial charge in [0.15, 0.2) is 0 Å². The molecule has 0 radical (unpaired) electrons. The standard InChI is InChI=1S/C8H9BrO.C2H6/c9-6-7-10-8-4-2-1-3-5-8;1-2/h1-5H,6-7H2;1-2H3. The lowest BCUT2D eigenvalue weighted by Gasteiger charge is -2.01. The van der Waals surface area contributed by atoms with Crippen LogP contribution in [0.25, 0.3) is 0 Å². The van der Waals surface area contributed by atoms with Crippen LogP contribution in [-0.4, -0.2) is 11.9 Å². The van der Waals surface area contributed by atoms with Crippen LogP contribution in [0.4, 0.5) is 0 Å². The van der Waals surface area contributed by atoms with Crippen LogP contribution in [-0.2, 0) is 0 Å². The molecule has 0 aliphatic rings. The van der Waals surface area contributed by atoms with E-state index in [2.05, 4.69) is 15.9 Å². The summed E-state index contributed by atoms with van der Waals surface area (Å²) in [5, 5.41) is 0.877. The lowest BCUT2D eigenvalue weighted by atomic mass is 10.3. The summed E-state index contributed by atoms with van der Waals surface area (Å²) < 4.78 is 5.31. The molecule has 0 unspecified atom stereocenters. The second-order valence-corrected chi connectivity index (χ2v) is 2.64. The van der Waals surface area contributed by atoms with Gasteiger partial charge in [-0.05, 0) is 12.1 Å². The third kappa shape index (κ3) is 5.19. The van der Waals surface area contributed by atoms with E-state index >= 15 is 0 Å². The Hall–Kier alpha value is -0.500. The Morgan fingerprint density at radius 3 is 2.25 bits per heavy atom. The van der Waals surface area contributed by atoms with Crippen LogP contribution in [0, 0.1) is 0 Å². The molecule has 0 bridgehead atoms. The van der Waals surface area contributed by atoms with Gasteiger partial charge >= 0.3 is 0 Å². The average molecular weight is 231 g/mol. The van der Waals surface area contributed by atoms with Crippen LogP contribution in [0.2, 0.25) is 0 Å². The summed E-state index contributed by atoms with van der Waals surface area (Å²) in [6.07, 6.45) is 0. The fraction of sp³-hybridized carbons (Fsp3) is 0.400. The van der Waals surface area contributed by atoms with Crippen LogP contribution in [0.3, 0.4) is 0 Å². The molecule has 1 aromatic carbocycles. The molecule has 0 heterocycles. The minimum Gasteiger partial charge on any atom is -0.493 e. The zero-order valence-corrected chi connectivity index (χ0v) is 9.17. The second-order valence-electron chi connectivity index (χ2n) is 1.85. The smallest absolute Gasteiger partial charge is 0.119 e. The van der Waals surface area contributed by atoms with E-state index in [9.17, 15) is 0 Å². The first-order valence-corrected chi connectivity index (χ1v) is 5.29. The first kappa shape index (κ1) is 11.5. The summed E-state index contributed by atoms with van der Waals surface area (Å²) in [6.45, 7) is 4.73. The molecule has 0 atom stereocenters. The lowest BCUT2D eigenvalue weighted by molar-refractivity contribution is 0.345.